The van der Waals surface area contributed by atoms with Gasteiger partial charge in [0.15, 0.2) is 5.78 Å². The van der Waals surface area contributed by atoms with Gasteiger partial charge in [0, 0.05) is 21.9 Å². The van der Waals surface area contributed by atoms with Gasteiger partial charge in [-0.2, -0.15) is 0 Å². The average molecular weight is 550 g/mol. The van der Waals surface area contributed by atoms with Gasteiger partial charge in [-0.05, 0) is 45.6 Å². The molecular weight excluding hydrogens is 522 g/mol. The zero-order valence-corrected chi connectivity index (χ0v) is 22.3. The van der Waals surface area contributed by atoms with Crippen LogP contribution in [0.1, 0.15) is 60.3 Å². The van der Waals surface area contributed by atoms with E-state index in [4.69, 9.17) is 14.2 Å². The number of ketones is 2. The number of rotatable bonds is 2. The van der Waals surface area contributed by atoms with Crippen LogP contribution in [0.3, 0.4) is 0 Å². The molecule has 6 rings (SSSR count). The first-order valence-electron chi connectivity index (χ1n) is 12.6. The smallest absolute Gasteiger partial charge is 0.338 e. The van der Waals surface area contributed by atoms with Crippen molar-refractivity contribution in [1.29, 1.82) is 0 Å². The Bertz CT molecular complexity index is 1680. The SMILES string of the molecule is COC(=O)c1c(C)ccc2c(O)c3c(cc12)C(=O)c1c2c(cc(O)c1C3=O)[C@]1(C)O[C@H](O2)[C@H](O)[C@@H](N(C)C)[C@H]1O. The summed E-state index contributed by atoms with van der Waals surface area (Å²) in [5, 5.41) is 44.9. The second kappa shape index (κ2) is 8.48. The van der Waals surface area contributed by atoms with Crippen molar-refractivity contribution in [1.82, 2.24) is 4.90 Å². The number of phenols is 2. The van der Waals surface area contributed by atoms with E-state index in [2.05, 4.69) is 0 Å². The number of aromatic hydroxyl groups is 2. The molecular formula is C29H27NO10. The molecule has 11 heteroatoms. The summed E-state index contributed by atoms with van der Waals surface area (Å²) < 4.78 is 16.8. The molecule has 0 aromatic heterocycles. The molecule has 5 atom stereocenters. The molecule has 1 aliphatic carbocycles. The molecule has 208 valence electrons. The third-order valence-corrected chi connectivity index (χ3v) is 8.32. The number of esters is 1. The molecule has 0 spiro atoms. The molecule has 4 N–H and O–H groups in total. The molecule has 3 aliphatic rings. The van der Waals surface area contributed by atoms with Gasteiger partial charge in [-0.25, -0.2) is 4.79 Å². The van der Waals surface area contributed by atoms with Crippen molar-refractivity contribution in [2.45, 2.75) is 44.0 Å². The highest BCUT2D eigenvalue weighted by atomic mass is 16.7. The molecule has 0 amide bonds. The highest BCUT2D eigenvalue weighted by Gasteiger charge is 2.59. The van der Waals surface area contributed by atoms with Gasteiger partial charge in [0.1, 0.15) is 35.1 Å². The number of carbonyl (C=O) groups excluding carboxylic acids is 3. The third kappa shape index (κ3) is 3.17. The minimum absolute atomic E-state index is 0.118. The number of nitrogens with zero attached hydrogens (tertiary/aromatic N) is 1. The predicted octanol–water partition coefficient (Wildman–Crippen LogP) is 1.74. The number of likely N-dealkylation sites (N-methyl/N-ethyl adjacent to an activating group) is 1. The Hall–Kier alpha value is -4.03. The summed E-state index contributed by atoms with van der Waals surface area (Å²) in [5.74, 6) is -3.49. The van der Waals surface area contributed by atoms with Crippen LogP contribution >= 0.6 is 0 Å². The summed E-state index contributed by atoms with van der Waals surface area (Å²) in [6.07, 6.45) is -3.94. The molecule has 1 fully saturated rings. The van der Waals surface area contributed by atoms with E-state index in [-0.39, 0.29) is 49.9 Å². The van der Waals surface area contributed by atoms with Crippen LogP contribution in [0.4, 0.5) is 0 Å². The van der Waals surface area contributed by atoms with Crippen LogP contribution in [0.25, 0.3) is 10.8 Å². The van der Waals surface area contributed by atoms with Crippen LogP contribution in [0.5, 0.6) is 17.2 Å². The van der Waals surface area contributed by atoms with E-state index in [0.717, 1.165) is 0 Å². The van der Waals surface area contributed by atoms with E-state index in [1.807, 2.05) is 0 Å². The number of aliphatic hydroxyl groups excluding tert-OH is 2. The van der Waals surface area contributed by atoms with Gasteiger partial charge in [0.25, 0.3) is 0 Å². The monoisotopic (exact) mass is 549 g/mol. The Morgan fingerprint density at radius 1 is 1.02 bits per heavy atom. The van der Waals surface area contributed by atoms with Crippen molar-refractivity contribution in [2.75, 3.05) is 21.2 Å². The lowest BCUT2D eigenvalue weighted by molar-refractivity contribution is -0.311. The Kier molecular flexibility index (Phi) is 5.56. The fourth-order valence-corrected chi connectivity index (χ4v) is 6.27. The Morgan fingerprint density at radius 3 is 2.38 bits per heavy atom. The Balaban J connectivity index is 1.63. The zero-order chi connectivity index (χ0) is 29.0. The van der Waals surface area contributed by atoms with Gasteiger partial charge in [-0.1, -0.05) is 12.1 Å². The van der Waals surface area contributed by atoms with E-state index in [1.165, 1.54) is 25.3 Å². The van der Waals surface area contributed by atoms with Crippen LogP contribution < -0.4 is 4.74 Å². The van der Waals surface area contributed by atoms with Gasteiger partial charge in [0.05, 0.1) is 35.4 Å². The fraction of sp³-hybridized carbons (Fsp3) is 0.345. The molecule has 2 heterocycles. The van der Waals surface area contributed by atoms with Crippen LogP contribution in [0.15, 0.2) is 24.3 Å². The second-order valence-electron chi connectivity index (χ2n) is 10.8. The van der Waals surface area contributed by atoms with Crippen LogP contribution in [0.2, 0.25) is 0 Å². The molecule has 0 saturated carbocycles. The maximum atomic E-state index is 14.1. The Morgan fingerprint density at radius 2 is 1.73 bits per heavy atom. The molecule has 1 saturated heterocycles. The van der Waals surface area contributed by atoms with E-state index >= 15 is 0 Å². The van der Waals surface area contributed by atoms with Crippen molar-refractivity contribution in [3.05, 3.63) is 63.2 Å². The highest BCUT2D eigenvalue weighted by Crippen LogP contribution is 2.53. The Labute approximate surface area is 228 Å². The quantitative estimate of drug-likeness (QED) is 0.269. The van der Waals surface area contributed by atoms with E-state index < -0.39 is 59.2 Å². The summed E-state index contributed by atoms with van der Waals surface area (Å²) in [6, 6.07) is 4.85. The number of phenolic OH excluding ortho intramolecular Hbond substituents is 2. The first kappa shape index (κ1) is 26.2. The average Bonchev–Trinajstić information content (AvgIpc) is 2.90. The van der Waals surface area contributed by atoms with Gasteiger partial charge in [-0.15, -0.1) is 0 Å². The number of fused-ring (bicyclic) bond motifs is 8. The van der Waals surface area contributed by atoms with Crippen molar-refractivity contribution >= 4 is 28.3 Å². The zero-order valence-electron chi connectivity index (χ0n) is 22.3. The molecule has 11 nitrogen and oxygen atoms in total. The van der Waals surface area contributed by atoms with Crippen molar-refractivity contribution in [3.63, 3.8) is 0 Å². The van der Waals surface area contributed by atoms with Gasteiger partial charge >= 0.3 is 5.97 Å². The lowest BCUT2D eigenvalue weighted by atomic mass is 9.74. The summed E-state index contributed by atoms with van der Waals surface area (Å²) in [7, 11) is 4.55. The van der Waals surface area contributed by atoms with Crippen molar-refractivity contribution in [3.8, 4) is 17.2 Å². The number of benzene rings is 3. The molecule has 40 heavy (non-hydrogen) atoms. The molecule has 0 unspecified atom stereocenters. The van der Waals surface area contributed by atoms with E-state index in [9.17, 15) is 34.8 Å². The van der Waals surface area contributed by atoms with E-state index in [0.29, 0.717) is 5.56 Å². The molecule has 3 aromatic carbocycles. The largest absolute Gasteiger partial charge is 0.507 e. The van der Waals surface area contributed by atoms with Crippen LogP contribution in [0, 0.1) is 6.92 Å². The number of hydrogen-bond donors (Lipinski definition) is 4. The van der Waals surface area contributed by atoms with Crippen molar-refractivity contribution in [2.24, 2.45) is 0 Å². The van der Waals surface area contributed by atoms with Crippen LogP contribution in [-0.2, 0) is 15.1 Å². The second-order valence-corrected chi connectivity index (χ2v) is 10.8. The lowest BCUT2D eigenvalue weighted by Gasteiger charge is -2.53. The standard InChI is InChI=1S/C29H27NO10/c1-10-6-7-11-12(16(10)27(37)38-5)8-13-17(21(11)32)23(34)18-15(31)9-14-25(19(18)22(13)33)39-28-24(35)20(30(3)4)26(36)29(14,2)40-28/h6-9,20,24,26,28,31-32,35-36H,1-5H3/t20-,24-,26-,28+,29+/m1/s1. The highest BCUT2D eigenvalue weighted by molar-refractivity contribution is 6.33. The number of aryl methyl sites for hydroxylation is 1. The molecule has 0 radical (unpaired) electrons. The molecule has 2 aliphatic heterocycles. The number of carbonyl (C=O) groups is 3. The first-order valence-corrected chi connectivity index (χ1v) is 12.6. The summed E-state index contributed by atoms with van der Waals surface area (Å²) >= 11 is 0. The minimum atomic E-state index is -1.52. The summed E-state index contributed by atoms with van der Waals surface area (Å²) in [4.78, 5) is 42.2. The number of hydrogen-bond acceptors (Lipinski definition) is 11. The lowest BCUT2D eigenvalue weighted by Crippen LogP contribution is -2.68. The third-order valence-electron chi connectivity index (χ3n) is 8.32. The maximum absolute atomic E-state index is 14.1. The van der Waals surface area contributed by atoms with Gasteiger partial charge in [-0.3, -0.25) is 9.59 Å². The first-order chi connectivity index (χ1) is 18.8. The number of methoxy groups -OCH3 is 1. The fourth-order valence-electron chi connectivity index (χ4n) is 6.27. The van der Waals surface area contributed by atoms with Gasteiger partial charge < -0.3 is 39.5 Å². The van der Waals surface area contributed by atoms with Gasteiger partial charge in [0.2, 0.25) is 12.1 Å². The van der Waals surface area contributed by atoms with Crippen molar-refractivity contribution < 1.29 is 49.0 Å². The van der Waals surface area contributed by atoms with Crippen LogP contribution in [-0.4, -0.2) is 88.6 Å². The molecule has 3 aromatic rings. The topological polar surface area (TPSA) is 163 Å². The number of ether oxygens (including phenoxy) is 3. The predicted molar refractivity (Wildman–Crippen MR) is 139 cm³/mol. The maximum Gasteiger partial charge on any atom is 0.338 e. The summed E-state index contributed by atoms with van der Waals surface area (Å²) in [5.41, 5.74) is -1.97. The minimum Gasteiger partial charge on any atom is -0.507 e. The number of aliphatic hydroxyl groups is 2. The normalized spacial score (nSPS) is 26.7. The molecule has 2 bridgehead atoms. The van der Waals surface area contributed by atoms with E-state index in [1.54, 1.807) is 38.9 Å². The summed E-state index contributed by atoms with van der Waals surface area (Å²) in [6.45, 7) is 3.22.